The van der Waals surface area contributed by atoms with Crippen molar-refractivity contribution in [3.05, 3.63) is 48.2 Å². The summed E-state index contributed by atoms with van der Waals surface area (Å²) in [5, 5.41) is 3.24. The zero-order valence-corrected chi connectivity index (χ0v) is 11.7. The van der Waals surface area contributed by atoms with Gasteiger partial charge in [-0.15, -0.1) is 0 Å². The van der Waals surface area contributed by atoms with E-state index in [2.05, 4.69) is 15.3 Å². The van der Waals surface area contributed by atoms with Crippen molar-refractivity contribution in [1.29, 1.82) is 0 Å². The Balaban J connectivity index is 1.76. The summed E-state index contributed by atoms with van der Waals surface area (Å²) in [4.78, 5) is 21.6. The molecule has 2 heterocycles. The fraction of sp³-hybridized carbons (Fsp3) is 0.267. The molecule has 1 saturated heterocycles. The summed E-state index contributed by atoms with van der Waals surface area (Å²) in [6, 6.07) is 11.8. The minimum absolute atomic E-state index is 0.0759. The van der Waals surface area contributed by atoms with Crippen molar-refractivity contribution in [3.8, 4) is 0 Å². The van der Waals surface area contributed by atoms with Crippen molar-refractivity contribution in [1.82, 2.24) is 9.97 Å². The second-order valence-electron chi connectivity index (χ2n) is 4.78. The van der Waals surface area contributed by atoms with Crippen LogP contribution in [0, 0.1) is 0 Å². The zero-order chi connectivity index (χ0) is 14.7. The topological polar surface area (TPSA) is 67.3 Å². The molecule has 6 heteroatoms. The fourth-order valence-corrected chi connectivity index (χ4v) is 2.19. The third-order valence-corrected chi connectivity index (χ3v) is 3.32. The quantitative estimate of drug-likeness (QED) is 0.934. The molecule has 0 spiro atoms. The molecule has 2 aromatic rings. The van der Waals surface area contributed by atoms with E-state index in [4.69, 9.17) is 4.74 Å². The number of aromatic nitrogens is 2. The summed E-state index contributed by atoms with van der Waals surface area (Å²) >= 11 is 0. The molecule has 0 unspecified atom stereocenters. The van der Waals surface area contributed by atoms with E-state index in [1.54, 1.807) is 12.3 Å². The molecule has 1 atom stereocenters. The van der Waals surface area contributed by atoms with E-state index in [1.165, 1.54) is 4.90 Å². The number of hydrogen-bond donors (Lipinski definition) is 1. The number of amides is 1. The van der Waals surface area contributed by atoms with Gasteiger partial charge in [0.05, 0.1) is 12.6 Å². The fourth-order valence-electron chi connectivity index (χ4n) is 2.19. The lowest BCUT2D eigenvalue weighted by molar-refractivity contribution is 0.181. The highest BCUT2D eigenvalue weighted by Crippen LogP contribution is 2.20. The molecule has 1 aromatic heterocycles. The minimum Gasteiger partial charge on any atom is -0.447 e. The summed E-state index contributed by atoms with van der Waals surface area (Å²) in [5.74, 6) is 1.04. The third kappa shape index (κ3) is 2.94. The highest BCUT2D eigenvalue weighted by atomic mass is 16.6. The number of carbonyl (C=O) groups is 1. The molecule has 1 aromatic carbocycles. The van der Waals surface area contributed by atoms with Crippen molar-refractivity contribution in [2.75, 3.05) is 23.4 Å². The molecule has 3 rings (SSSR count). The molecular weight excluding hydrogens is 268 g/mol. The van der Waals surface area contributed by atoms with Crippen LogP contribution in [0.5, 0.6) is 0 Å². The van der Waals surface area contributed by atoms with Gasteiger partial charge < -0.3 is 10.1 Å². The normalized spacial score (nSPS) is 15.7. The van der Waals surface area contributed by atoms with Crippen molar-refractivity contribution < 1.29 is 9.53 Å². The largest absolute Gasteiger partial charge is 0.447 e. The van der Waals surface area contributed by atoms with Crippen molar-refractivity contribution in [3.63, 3.8) is 0 Å². The molecule has 108 valence electrons. The lowest BCUT2D eigenvalue weighted by atomic mass is 10.1. The Hall–Kier alpha value is -2.63. The molecule has 0 saturated carbocycles. The van der Waals surface area contributed by atoms with Gasteiger partial charge in [-0.05, 0) is 18.6 Å². The smallest absolute Gasteiger partial charge is 0.415 e. The van der Waals surface area contributed by atoms with Gasteiger partial charge in [-0.1, -0.05) is 30.3 Å². The van der Waals surface area contributed by atoms with Crippen LogP contribution in [0.2, 0.25) is 0 Å². The molecule has 1 fully saturated rings. The number of benzene rings is 1. The van der Waals surface area contributed by atoms with Crippen LogP contribution in [-0.4, -0.2) is 29.2 Å². The maximum absolute atomic E-state index is 11.6. The number of rotatable bonds is 4. The number of nitrogens with zero attached hydrogens (tertiary/aromatic N) is 3. The second-order valence-corrected chi connectivity index (χ2v) is 4.78. The van der Waals surface area contributed by atoms with Gasteiger partial charge in [-0.25, -0.2) is 9.78 Å². The van der Waals surface area contributed by atoms with Crippen LogP contribution < -0.4 is 10.2 Å². The third-order valence-electron chi connectivity index (χ3n) is 3.32. The minimum atomic E-state index is -0.365. The second kappa shape index (κ2) is 5.78. The van der Waals surface area contributed by atoms with Crippen LogP contribution in [0.1, 0.15) is 18.5 Å². The van der Waals surface area contributed by atoms with Crippen LogP contribution >= 0.6 is 0 Å². The predicted molar refractivity (Wildman–Crippen MR) is 79.2 cm³/mol. The van der Waals surface area contributed by atoms with Crippen molar-refractivity contribution in [2.24, 2.45) is 0 Å². The number of carbonyl (C=O) groups excluding carboxylic acids is 1. The van der Waals surface area contributed by atoms with Gasteiger partial charge >= 0.3 is 6.09 Å². The Morgan fingerprint density at radius 1 is 1.29 bits per heavy atom. The molecular formula is C15H16N4O2. The lowest BCUT2D eigenvalue weighted by Gasteiger charge is -2.16. The summed E-state index contributed by atoms with van der Waals surface area (Å²) in [6.07, 6.45) is 1.27. The van der Waals surface area contributed by atoms with E-state index >= 15 is 0 Å². The Kier molecular flexibility index (Phi) is 3.68. The van der Waals surface area contributed by atoms with Crippen molar-refractivity contribution in [2.45, 2.75) is 13.0 Å². The van der Waals surface area contributed by atoms with Gasteiger partial charge in [-0.2, -0.15) is 4.98 Å². The van der Waals surface area contributed by atoms with Gasteiger partial charge in [0, 0.05) is 6.20 Å². The summed E-state index contributed by atoms with van der Waals surface area (Å²) < 4.78 is 4.92. The predicted octanol–water partition coefficient (Wildman–Crippen LogP) is 2.61. The average Bonchev–Trinajstić information content (AvgIpc) is 2.94. The van der Waals surface area contributed by atoms with Gasteiger partial charge in [0.2, 0.25) is 5.95 Å². The first-order valence-corrected chi connectivity index (χ1v) is 6.83. The van der Waals surface area contributed by atoms with E-state index in [0.29, 0.717) is 24.9 Å². The van der Waals surface area contributed by atoms with Crippen molar-refractivity contribution >= 4 is 17.9 Å². The van der Waals surface area contributed by atoms with Crippen LogP contribution in [-0.2, 0) is 4.74 Å². The van der Waals surface area contributed by atoms with Crippen LogP contribution in [0.25, 0.3) is 0 Å². The Bertz CT molecular complexity index is 633. The van der Waals surface area contributed by atoms with E-state index in [0.717, 1.165) is 5.56 Å². The molecule has 1 aliphatic rings. The van der Waals surface area contributed by atoms with Crippen LogP contribution in [0.15, 0.2) is 42.6 Å². The molecule has 0 aliphatic carbocycles. The van der Waals surface area contributed by atoms with Gasteiger partial charge in [0.15, 0.2) is 0 Å². The number of ether oxygens (including phenoxy) is 1. The molecule has 1 amide bonds. The first-order chi connectivity index (χ1) is 10.2. The first-order valence-electron chi connectivity index (χ1n) is 6.83. The molecule has 1 aliphatic heterocycles. The molecule has 1 N–H and O–H groups in total. The van der Waals surface area contributed by atoms with Gasteiger partial charge in [0.1, 0.15) is 12.4 Å². The first kappa shape index (κ1) is 13.4. The standard InChI is InChI=1S/C15H16N4O2/c1-11(12-5-3-2-4-6-12)17-14-16-8-7-13(18-14)19-9-10-21-15(19)20/h2-8,11H,9-10H2,1H3,(H,16,17,18)/t11-/m1/s1. The molecule has 6 nitrogen and oxygen atoms in total. The number of nitrogens with one attached hydrogen (secondary N) is 1. The number of anilines is 2. The summed E-state index contributed by atoms with van der Waals surface area (Å²) in [7, 11) is 0. The Morgan fingerprint density at radius 2 is 2.10 bits per heavy atom. The van der Waals surface area contributed by atoms with Gasteiger partial charge in [-0.3, -0.25) is 4.90 Å². The zero-order valence-electron chi connectivity index (χ0n) is 11.7. The summed E-state index contributed by atoms with van der Waals surface area (Å²) in [5.41, 5.74) is 1.15. The maximum Gasteiger partial charge on any atom is 0.415 e. The highest BCUT2D eigenvalue weighted by Gasteiger charge is 2.25. The number of cyclic esters (lactones) is 1. The lowest BCUT2D eigenvalue weighted by Crippen LogP contribution is -2.25. The number of hydrogen-bond acceptors (Lipinski definition) is 5. The van der Waals surface area contributed by atoms with Crippen LogP contribution in [0.3, 0.4) is 0 Å². The Morgan fingerprint density at radius 3 is 2.81 bits per heavy atom. The van der Waals surface area contributed by atoms with E-state index < -0.39 is 0 Å². The highest BCUT2D eigenvalue weighted by molar-refractivity contribution is 5.88. The molecule has 0 bridgehead atoms. The van der Waals surface area contributed by atoms with Crippen LogP contribution in [0.4, 0.5) is 16.6 Å². The molecule has 0 radical (unpaired) electrons. The van der Waals surface area contributed by atoms with E-state index in [1.807, 2.05) is 37.3 Å². The monoisotopic (exact) mass is 284 g/mol. The van der Waals surface area contributed by atoms with E-state index in [-0.39, 0.29) is 12.1 Å². The SMILES string of the molecule is C[C@@H](Nc1nccc(N2CCOC2=O)n1)c1ccccc1. The average molecular weight is 284 g/mol. The molecule has 21 heavy (non-hydrogen) atoms. The summed E-state index contributed by atoms with van der Waals surface area (Å²) in [6.45, 7) is 2.95. The Labute approximate surface area is 122 Å². The van der Waals surface area contributed by atoms with E-state index in [9.17, 15) is 4.79 Å². The maximum atomic E-state index is 11.6. The van der Waals surface area contributed by atoms with Gasteiger partial charge in [0.25, 0.3) is 0 Å².